The maximum atomic E-state index is 13.5. The van der Waals surface area contributed by atoms with E-state index in [1.165, 1.54) is 23.3 Å². The van der Waals surface area contributed by atoms with Crippen LogP contribution in [0.4, 0.5) is 52.7 Å². The summed E-state index contributed by atoms with van der Waals surface area (Å²) < 4.78 is 157. The number of aromatic nitrogens is 2. The summed E-state index contributed by atoms with van der Waals surface area (Å²) in [6, 6.07) is 0. The Morgan fingerprint density at radius 2 is 1.48 bits per heavy atom. The van der Waals surface area contributed by atoms with Crippen molar-refractivity contribution in [1.82, 2.24) is 14.9 Å². The van der Waals surface area contributed by atoms with E-state index in [1.54, 1.807) is 0 Å². The number of amides is 1. The van der Waals surface area contributed by atoms with Gasteiger partial charge in [-0.3, -0.25) is 4.79 Å². The summed E-state index contributed by atoms with van der Waals surface area (Å²) in [5.41, 5.74) is 0. The summed E-state index contributed by atoms with van der Waals surface area (Å²) in [4.78, 5) is 14.7. The molecule has 0 spiro atoms. The third-order valence-electron chi connectivity index (χ3n) is 3.60. The van der Waals surface area contributed by atoms with Crippen molar-refractivity contribution in [3.63, 3.8) is 0 Å². The lowest BCUT2D eigenvalue weighted by atomic mass is 9.94. The van der Waals surface area contributed by atoms with Crippen LogP contribution < -0.4 is 5.32 Å². The molecule has 16 heteroatoms. The van der Waals surface area contributed by atoms with Crippen molar-refractivity contribution in [3.05, 3.63) is 18.7 Å². The van der Waals surface area contributed by atoms with Crippen LogP contribution in [-0.2, 0) is 11.3 Å². The molecule has 0 aliphatic rings. The Balaban J connectivity index is 2.99. The molecular formula is C13H11F12N3O. The molecule has 1 N–H and O–H groups in total. The van der Waals surface area contributed by atoms with Crippen molar-refractivity contribution in [2.45, 2.75) is 49.0 Å². The van der Waals surface area contributed by atoms with Crippen LogP contribution in [0.2, 0.25) is 0 Å². The zero-order chi connectivity index (χ0) is 22.9. The van der Waals surface area contributed by atoms with Gasteiger partial charge in [0.2, 0.25) is 0 Å². The largest absolute Gasteiger partial charge is 0.392 e. The molecule has 0 saturated carbocycles. The van der Waals surface area contributed by atoms with Gasteiger partial charge in [-0.15, -0.1) is 0 Å². The molecule has 1 amide bonds. The lowest BCUT2D eigenvalue weighted by molar-refractivity contribution is -0.407. The highest BCUT2D eigenvalue weighted by Crippen LogP contribution is 2.58. The summed E-state index contributed by atoms with van der Waals surface area (Å²) in [5, 5.41) is 1.06. The standard InChI is InChI=1S/C13H11F12N3O/c14-7(15)9(16,17)11(20,21)13(24,25)12(22,23)10(18,19)8(29)27-2-1-4-28-5-3-26-6-28/h3,5-7H,1-2,4H2,(H,27,29). The fourth-order valence-corrected chi connectivity index (χ4v) is 1.88. The zero-order valence-corrected chi connectivity index (χ0v) is 13.8. The molecule has 0 saturated heterocycles. The Morgan fingerprint density at radius 1 is 0.931 bits per heavy atom. The minimum Gasteiger partial charge on any atom is -0.351 e. The van der Waals surface area contributed by atoms with E-state index in [0.717, 1.165) is 5.32 Å². The zero-order valence-electron chi connectivity index (χ0n) is 13.8. The first kappa shape index (κ1) is 24.9. The van der Waals surface area contributed by atoms with Gasteiger partial charge in [-0.2, -0.15) is 43.9 Å². The topological polar surface area (TPSA) is 46.9 Å². The van der Waals surface area contributed by atoms with Crippen LogP contribution in [0.15, 0.2) is 18.7 Å². The maximum absolute atomic E-state index is 13.5. The maximum Gasteiger partial charge on any atom is 0.392 e. The molecule has 1 aromatic heterocycles. The van der Waals surface area contributed by atoms with Crippen molar-refractivity contribution in [2.24, 2.45) is 0 Å². The molecule has 0 aliphatic heterocycles. The number of nitrogens with one attached hydrogen (secondary N) is 1. The van der Waals surface area contributed by atoms with E-state index in [9.17, 15) is 57.5 Å². The van der Waals surface area contributed by atoms with Crippen molar-refractivity contribution >= 4 is 5.91 Å². The number of hydrogen-bond donors (Lipinski definition) is 1. The van der Waals surface area contributed by atoms with Gasteiger partial charge < -0.3 is 9.88 Å². The third kappa shape index (κ3) is 4.10. The Hall–Kier alpha value is -2.16. The fraction of sp³-hybridized carbons (Fsp3) is 0.692. The predicted molar refractivity (Wildman–Crippen MR) is 70.6 cm³/mol. The molecule has 4 nitrogen and oxygen atoms in total. The fourth-order valence-electron chi connectivity index (χ4n) is 1.88. The first-order chi connectivity index (χ1) is 12.9. The van der Waals surface area contributed by atoms with Crippen LogP contribution >= 0.6 is 0 Å². The van der Waals surface area contributed by atoms with Crippen LogP contribution in [0.3, 0.4) is 0 Å². The minimum absolute atomic E-state index is 0.0168. The molecule has 0 unspecified atom stereocenters. The summed E-state index contributed by atoms with van der Waals surface area (Å²) in [6.07, 6.45) is -1.93. The average Bonchev–Trinajstić information content (AvgIpc) is 3.10. The number of aryl methyl sites for hydroxylation is 1. The van der Waals surface area contributed by atoms with Gasteiger partial charge in [0, 0.05) is 25.5 Å². The number of nitrogens with zero attached hydrogens (tertiary/aromatic N) is 2. The highest BCUT2D eigenvalue weighted by atomic mass is 19.4. The van der Waals surface area contributed by atoms with Gasteiger partial charge in [-0.1, -0.05) is 0 Å². The van der Waals surface area contributed by atoms with E-state index >= 15 is 0 Å². The monoisotopic (exact) mass is 453 g/mol. The molecule has 0 bridgehead atoms. The second kappa shape index (κ2) is 7.93. The Bertz CT molecular complexity index is 689. The molecule has 0 radical (unpaired) electrons. The van der Waals surface area contributed by atoms with Gasteiger partial charge in [-0.25, -0.2) is 13.8 Å². The quantitative estimate of drug-likeness (QED) is 0.433. The predicted octanol–water partition coefficient (Wildman–Crippen LogP) is 3.83. The highest BCUT2D eigenvalue weighted by Gasteiger charge is 2.89. The summed E-state index contributed by atoms with van der Waals surface area (Å²) in [6.45, 7) is -0.852. The van der Waals surface area contributed by atoms with Gasteiger partial charge in [0.15, 0.2) is 0 Å². The molecule has 168 valence electrons. The molecule has 0 fully saturated rings. The van der Waals surface area contributed by atoms with Gasteiger partial charge in [0.05, 0.1) is 6.33 Å². The number of hydrogen-bond acceptors (Lipinski definition) is 2. The van der Waals surface area contributed by atoms with Gasteiger partial charge in [-0.05, 0) is 6.42 Å². The van der Waals surface area contributed by atoms with Crippen LogP contribution in [0.1, 0.15) is 6.42 Å². The molecule has 0 aliphatic carbocycles. The van der Waals surface area contributed by atoms with Gasteiger partial charge >= 0.3 is 36.0 Å². The van der Waals surface area contributed by atoms with Crippen LogP contribution in [-0.4, -0.2) is 58.0 Å². The van der Waals surface area contributed by atoms with E-state index in [4.69, 9.17) is 0 Å². The van der Waals surface area contributed by atoms with Gasteiger partial charge in [0.1, 0.15) is 0 Å². The Kier molecular flexibility index (Phi) is 6.80. The molecule has 1 heterocycles. The van der Waals surface area contributed by atoms with Crippen LogP contribution in [0.25, 0.3) is 0 Å². The highest BCUT2D eigenvalue weighted by molar-refractivity contribution is 5.84. The van der Waals surface area contributed by atoms with Crippen LogP contribution in [0, 0.1) is 0 Å². The number of carbonyl (C=O) groups excluding carboxylic acids is 1. The third-order valence-corrected chi connectivity index (χ3v) is 3.60. The molecule has 1 rings (SSSR count). The lowest BCUT2D eigenvalue weighted by Gasteiger charge is -2.38. The van der Waals surface area contributed by atoms with E-state index < -0.39 is 48.5 Å². The first-order valence-corrected chi connectivity index (χ1v) is 7.35. The number of carbonyl (C=O) groups is 1. The molecular weight excluding hydrogens is 442 g/mol. The number of alkyl halides is 12. The van der Waals surface area contributed by atoms with Crippen molar-refractivity contribution in [3.8, 4) is 0 Å². The van der Waals surface area contributed by atoms with Crippen LogP contribution in [0.5, 0.6) is 0 Å². The minimum atomic E-state index is -7.72. The number of rotatable bonds is 10. The Labute approximate surface area is 153 Å². The second-order valence-electron chi connectivity index (χ2n) is 5.63. The average molecular weight is 453 g/mol. The molecule has 0 aromatic carbocycles. The van der Waals surface area contributed by atoms with Crippen molar-refractivity contribution < 1.29 is 57.5 Å². The SMILES string of the molecule is O=C(NCCCn1ccnc1)C(F)(F)C(F)(F)C(F)(F)C(F)(F)C(F)(F)C(F)F. The van der Waals surface area contributed by atoms with E-state index in [0.29, 0.717) is 0 Å². The van der Waals surface area contributed by atoms with E-state index in [1.807, 2.05) is 0 Å². The van der Waals surface area contributed by atoms with E-state index in [2.05, 4.69) is 4.98 Å². The van der Waals surface area contributed by atoms with Crippen molar-refractivity contribution in [1.29, 1.82) is 0 Å². The van der Waals surface area contributed by atoms with Gasteiger partial charge in [0.25, 0.3) is 5.91 Å². The molecule has 1 aromatic rings. The molecule has 0 atom stereocenters. The summed E-state index contributed by atoms with van der Waals surface area (Å²) >= 11 is 0. The first-order valence-electron chi connectivity index (χ1n) is 7.35. The van der Waals surface area contributed by atoms with E-state index in [-0.39, 0.29) is 13.0 Å². The second-order valence-corrected chi connectivity index (χ2v) is 5.63. The van der Waals surface area contributed by atoms with Crippen molar-refractivity contribution in [2.75, 3.05) is 6.54 Å². The number of imidazole rings is 1. The normalized spacial score (nSPS) is 14.4. The smallest absolute Gasteiger partial charge is 0.351 e. The lowest BCUT2D eigenvalue weighted by Crippen LogP contribution is -2.70. The summed E-state index contributed by atoms with van der Waals surface area (Å²) in [5.74, 6) is -39.7. The molecule has 29 heavy (non-hydrogen) atoms. The Morgan fingerprint density at radius 3 is 1.93 bits per heavy atom. The summed E-state index contributed by atoms with van der Waals surface area (Å²) in [7, 11) is 0. The number of halogens is 12.